The van der Waals surface area contributed by atoms with Gasteiger partial charge in [0.2, 0.25) is 0 Å². The van der Waals surface area contributed by atoms with Crippen molar-refractivity contribution >= 4 is 6.09 Å². The summed E-state index contributed by atoms with van der Waals surface area (Å²) in [6.45, 7) is 8.43. The SMILES string of the molecule is CCCCOC(=O)N1CCN(C2CNC2)CC1. The molecule has 0 spiro atoms. The van der Waals surface area contributed by atoms with Gasteiger partial charge in [0, 0.05) is 45.3 Å². The number of carbonyl (C=O) groups is 1. The minimum absolute atomic E-state index is 0.134. The third-order valence-corrected chi connectivity index (χ3v) is 3.57. The molecule has 1 N–H and O–H groups in total. The quantitative estimate of drug-likeness (QED) is 0.729. The maximum absolute atomic E-state index is 11.7. The molecule has 2 fully saturated rings. The van der Waals surface area contributed by atoms with Gasteiger partial charge in [-0.25, -0.2) is 4.79 Å². The van der Waals surface area contributed by atoms with Crippen molar-refractivity contribution in [3.8, 4) is 0 Å². The van der Waals surface area contributed by atoms with Gasteiger partial charge < -0.3 is 15.0 Å². The van der Waals surface area contributed by atoms with Gasteiger partial charge in [-0.15, -0.1) is 0 Å². The van der Waals surface area contributed by atoms with Gasteiger partial charge in [0.05, 0.1) is 6.61 Å². The summed E-state index contributed by atoms with van der Waals surface area (Å²) >= 11 is 0. The Balaban J connectivity index is 1.65. The highest BCUT2D eigenvalue weighted by Gasteiger charge is 2.29. The van der Waals surface area contributed by atoms with E-state index in [9.17, 15) is 4.79 Å². The fourth-order valence-corrected chi connectivity index (χ4v) is 2.20. The number of ether oxygens (including phenoxy) is 1. The van der Waals surface area contributed by atoms with Crippen molar-refractivity contribution in [1.82, 2.24) is 15.1 Å². The van der Waals surface area contributed by atoms with Crippen LogP contribution in [0.4, 0.5) is 4.79 Å². The molecule has 0 aromatic carbocycles. The van der Waals surface area contributed by atoms with Crippen molar-refractivity contribution in [3.63, 3.8) is 0 Å². The number of hydrogen-bond acceptors (Lipinski definition) is 4. The first kappa shape index (κ1) is 12.6. The maximum atomic E-state index is 11.7. The highest BCUT2D eigenvalue weighted by Crippen LogP contribution is 2.10. The van der Waals surface area contributed by atoms with Crippen LogP contribution in [0, 0.1) is 0 Å². The zero-order valence-electron chi connectivity index (χ0n) is 10.7. The fraction of sp³-hybridized carbons (Fsp3) is 0.917. The Bertz CT molecular complexity index is 248. The van der Waals surface area contributed by atoms with Gasteiger partial charge in [-0.05, 0) is 6.42 Å². The van der Waals surface area contributed by atoms with Crippen LogP contribution in [0.1, 0.15) is 19.8 Å². The number of nitrogens with one attached hydrogen (secondary N) is 1. The van der Waals surface area contributed by atoms with Crippen molar-refractivity contribution in [2.45, 2.75) is 25.8 Å². The van der Waals surface area contributed by atoms with Crippen molar-refractivity contribution in [3.05, 3.63) is 0 Å². The van der Waals surface area contributed by atoms with E-state index in [4.69, 9.17) is 4.74 Å². The number of rotatable bonds is 4. The van der Waals surface area contributed by atoms with E-state index >= 15 is 0 Å². The number of nitrogens with zero attached hydrogens (tertiary/aromatic N) is 2. The Morgan fingerprint density at radius 2 is 2.00 bits per heavy atom. The lowest BCUT2D eigenvalue weighted by Gasteiger charge is -2.42. The monoisotopic (exact) mass is 241 g/mol. The van der Waals surface area contributed by atoms with Crippen LogP contribution in [-0.4, -0.2) is 67.8 Å². The molecule has 2 aliphatic heterocycles. The summed E-state index contributed by atoms with van der Waals surface area (Å²) in [6, 6.07) is 0.688. The van der Waals surface area contributed by atoms with Crippen molar-refractivity contribution in [2.24, 2.45) is 0 Å². The first-order chi connectivity index (χ1) is 8.31. The molecule has 0 aliphatic carbocycles. The third-order valence-electron chi connectivity index (χ3n) is 3.57. The molecular formula is C12H23N3O2. The smallest absolute Gasteiger partial charge is 0.409 e. The second-order valence-corrected chi connectivity index (χ2v) is 4.80. The van der Waals surface area contributed by atoms with Crippen LogP contribution in [0.15, 0.2) is 0 Å². The lowest BCUT2D eigenvalue weighted by molar-refractivity contribution is 0.0524. The second-order valence-electron chi connectivity index (χ2n) is 4.80. The summed E-state index contributed by atoms with van der Waals surface area (Å²) in [6.07, 6.45) is 1.89. The minimum Gasteiger partial charge on any atom is -0.449 e. The number of amides is 1. The molecular weight excluding hydrogens is 218 g/mol. The molecule has 0 atom stereocenters. The predicted molar refractivity (Wildman–Crippen MR) is 66.1 cm³/mol. The Labute approximate surface area is 103 Å². The lowest BCUT2D eigenvalue weighted by atomic mass is 10.1. The first-order valence-corrected chi connectivity index (χ1v) is 6.67. The van der Waals surface area contributed by atoms with E-state index in [1.807, 2.05) is 4.90 Å². The highest BCUT2D eigenvalue weighted by atomic mass is 16.6. The number of carbonyl (C=O) groups excluding carboxylic acids is 1. The van der Waals surface area contributed by atoms with E-state index < -0.39 is 0 Å². The molecule has 0 unspecified atom stereocenters. The van der Waals surface area contributed by atoms with E-state index in [0.29, 0.717) is 12.6 Å². The van der Waals surface area contributed by atoms with Crippen molar-refractivity contribution < 1.29 is 9.53 Å². The molecule has 0 bridgehead atoms. The molecule has 0 radical (unpaired) electrons. The average Bonchev–Trinajstić information content (AvgIpc) is 2.28. The van der Waals surface area contributed by atoms with Gasteiger partial charge in [0.15, 0.2) is 0 Å². The molecule has 2 rings (SSSR count). The Morgan fingerprint density at radius 3 is 2.53 bits per heavy atom. The first-order valence-electron chi connectivity index (χ1n) is 6.67. The van der Waals surface area contributed by atoms with E-state index in [2.05, 4.69) is 17.1 Å². The molecule has 2 aliphatic rings. The molecule has 5 heteroatoms. The Hall–Kier alpha value is -0.810. The zero-order valence-corrected chi connectivity index (χ0v) is 10.7. The van der Waals surface area contributed by atoms with Gasteiger partial charge >= 0.3 is 6.09 Å². The molecule has 0 aromatic heterocycles. The molecule has 17 heavy (non-hydrogen) atoms. The molecule has 2 heterocycles. The van der Waals surface area contributed by atoms with Crippen LogP contribution in [-0.2, 0) is 4.74 Å². The summed E-state index contributed by atoms with van der Waals surface area (Å²) in [7, 11) is 0. The van der Waals surface area contributed by atoms with Gasteiger partial charge in [-0.1, -0.05) is 13.3 Å². The van der Waals surface area contributed by atoms with Gasteiger partial charge in [-0.2, -0.15) is 0 Å². The average molecular weight is 241 g/mol. The topological polar surface area (TPSA) is 44.8 Å². The largest absolute Gasteiger partial charge is 0.449 e. The third kappa shape index (κ3) is 3.33. The molecule has 2 saturated heterocycles. The normalized spacial score (nSPS) is 22.3. The summed E-state index contributed by atoms with van der Waals surface area (Å²) in [5.74, 6) is 0. The molecule has 0 saturated carbocycles. The number of unbranched alkanes of at least 4 members (excludes halogenated alkanes) is 1. The zero-order chi connectivity index (χ0) is 12.1. The summed E-state index contributed by atoms with van der Waals surface area (Å²) in [5.41, 5.74) is 0. The Morgan fingerprint density at radius 1 is 1.29 bits per heavy atom. The highest BCUT2D eigenvalue weighted by molar-refractivity contribution is 5.67. The van der Waals surface area contributed by atoms with Gasteiger partial charge in [-0.3, -0.25) is 4.90 Å². The van der Waals surface area contributed by atoms with Crippen LogP contribution in [0.2, 0.25) is 0 Å². The van der Waals surface area contributed by atoms with E-state index in [1.165, 1.54) is 0 Å². The van der Waals surface area contributed by atoms with Crippen LogP contribution in [0.25, 0.3) is 0 Å². The minimum atomic E-state index is -0.134. The molecule has 5 nitrogen and oxygen atoms in total. The predicted octanol–water partition coefficient (Wildman–Crippen LogP) is 0.513. The molecule has 98 valence electrons. The van der Waals surface area contributed by atoms with Gasteiger partial charge in [0.1, 0.15) is 0 Å². The fourth-order valence-electron chi connectivity index (χ4n) is 2.20. The lowest BCUT2D eigenvalue weighted by Crippen LogP contribution is -2.62. The maximum Gasteiger partial charge on any atom is 0.409 e. The van der Waals surface area contributed by atoms with Crippen LogP contribution < -0.4 is 5.32 Å². The number of piperazine rings is 1. The van der Waals surface area contributed by atoms with Crippen molar-refractivity contribution in [1.29, 1.82) is 0 Å². The van der Waals surface area contributed by atoms with Crippen LogP contribution in [0.3, 0.4) is 0 Å². The Kier molecular flexibility index (Phi) is 4.62. The standard InChI is InChI=1S/C12H23N3O2/c1-2-3-8-17-12(16)15-6-4-14(5-7-15)11-9-13-10-11/h11,13H,2-10H2,1H3. The second kappa shape index (κ2) is 6.21. The molecule has 1 amide bonds. The summed E-state index contributed by atoms with van der Waals surface area (Å²) < 4.78 is 5.21. The number of hydrogen-bond donors (Lipinski definition) is 1. The van der Waals surface area contributed by atoms with E-state index in [0.717, 1.165) is 52.1 Å². The molecule has 0 aromatic rings. The summed E-state index contributed by atoms with van der Waals surface area (Å²) in [5, 5.41) is 3.28. The van der Waals surface area contributed by atoms with E-state index in [1.54, 1.807) is 0 Å². The van der Waals surface area contributed by atoms with Crippen LogP contribution >= 0.6 is 0 Å². The summed E-state index contributed by atoms with van der Waals surface area (Å²) in [4.78, 5) is 16.0. The van der Waals surface area contributed by atoms with E-state index in [-0.39, 0.29) is 6.09 Å². The van der Waals surface area contributed by atoms with Gasteiger partial charge in [0.25, 0.3) is 0 Å². The van der Waals surface area contributed by atoms with Crippen LogP contribution in [0.5, 0.6) is 0 Å². The van der Waals surface area contributed by atoms with Crippen molar-refractivity contribution in [2.75, 3.05) is 45.9 Å².